The molecule has 0 aliphatic heterocycles. The zero-order chi connectivity index (χ0) is 21.3. The fourth-order valence-electron chi connectivity index (χ4n) is 3.66. The number of hydrogen-bond donors (Lipinski definition) is 2. The van der Waals surface area contributed by atoms with E-state index < -0.39 is 11.5 Å². The lowest BCUT2D eigenvalue weighted by atomic mass is 9.85. The van der Waals surface area contributed by atoms with Gasteiger partial charge in [-0.1, -0.05) is 26.0 Å². The number of carbonyl (C=O) groups is 2. The van der Waals surface area contributed by atoms with Crippen molar-refractivity contribution in [3.05, 3.63) is 41.2 Å². The van der Waals surface area contributed by atoms with E-state index >= 15 is 0 Å². The summed E-state index contributed by atoms with van der Waals surface area (Å²) in [5.41, 5.74) is 3.76. The normalized spacial score (nSPS) is 13.7. The first-order valence-corrected chi connectivity index (χ1v) is 9.88. The molecule has 0 aliphatic rings. The molecule has 7 heteroatoms. The second-order valence-electron chi connectivity index (χ2n) is 8.20. The Morgan fingerprint density at radius 2 is 1.93 bits per heavy atom. The van der Waals surface area contributed by atoms with Gasteiger partial charge in [0.05, 0.1) is 11.9 Å². The Kier molecular flexibility index (Phi) is 5.59. The predicted octanol–water partition coefficient (Wildman–Crippen LogP) is 3.44. The number of carboxylic acids is 1. The van der Waals surface area contributed by atoms with Crippen molar-refractivity contribution in [2.24, 2.45) is 5.92 Å². The summed E-state index contributed by atoms with van der Waals surface area (Å²) >= 11 is 0. The summed E-state index contributed by atoms with van der Waals surface area (Å²) < 4.78 is 1.84. The van der Waals surface area contributed by atoms with Gasteiger partial charge in [-0.05, 0) is 50.8 Å². The van der Waals surface area contributed by atoms with Gasteiger partial charge in [-0.25, -0.2) is 9.50 Å². The van der Waals surface area contributed by atoms with Crippen molar-refractivity contribution in [1.82, 2.24) is 19.9 Å². The average Bonchev–Trinajstić information content (AvgIpc) is 2.99. The molecule has 2 heterocycles. The van der Waals surface area contributed by atoms with Gasteiger partial charge in [-0.3, -0.25) is 9.59 Å². The lowest BCUT2D eigenvalue weighted by Crippen LogP contribution is -2.51. The zero-order valence-electron chi connectivity index (χ0n) is 17.6. The topological polar surface area (TPSA) is 96.6 Å². The quantitative estimate of drug-likeness (QED) is 0.638. The average molecular weight is 396 g/mol. The van der Waals surface area contributed by atoms with Crippen LogP contribution >= 0.6 is 0 Å². The second kappa shape index (κ2) is 7.81. The molecule has 3 aromatic rings. The number of amides is 1. The number of carboxylic acid groups (broad SMARTS) is 1. The van der Waals surface area contributed by atoms with Crippen LogP contribution in [0.4, 0.5) is 0 Å². The Labute approximate surface area is 170 Å². The van der Waals surface area contributed by atoms with Gasteiger partial charge in [0.2, 0.25) is 5.91 Å². The van der Waals surface area contributed by atoms with Crippen molar-refractivity contribution >= 4 is 28.4 Å². The fraction of sp³-hybridized carbons (Fsp3) is 0.455. The molecule has 29 heavy (non-hydrogen) atoms. The number of rotatable bonds is 7. The van der Waals surface area contributed by atoms with Crippen LogP contribution in [0.1, 0.15) is 50.6 Å². The third kappa shape index (κ3) is 4.09. The number of aliphatic carboxylic acids is 1. The standard InChI is InChI=1S/C22H28N4O3/c1-13(2)22(5,12-20(28)29)24-19(27)11-10-16-14(3)23-21-17-8-6-7-9-18(17)25-26(21)15(16)4/h6-9,13H,10-12H2,1-5H3,(H,24,27)(H,28,29). The Bertz CT molecular complexity index is 1090. The minimum absolute atomic E-state index is 0.000503. The number of nitrogens with one attached hydrogen (secondary N) is 1. The van der Waals surface area contributed by atoms with Gasteiger partial charge in [-0.2, -0.15) is 5.10 Å². The summed E-state index contributed by atoms with van der Waals surface area (Å²) in [5.74, 6) is -1.08. The molecule has 0 saturated carbocycles. The highest BCUT2D eigenvalue weighted by Crippen LogP contribution is 2.24. The second-order valence-corrected chi connectivity index (χ2v) is 8.20. The maximum atomic E-state index is 12.6. The van der Waals surface area contributed by atoms with E-state index in [2.05, 4.69) is 10.4 Å². The van der Waals surface area contributed by atoms with E-state index in [1.54, 1.807) is 6.92 Å². The van der Waals surface area contributed by atoms with E-state index in [0.29, 0.717) is 6.42 Å². The molecule has 0 radical (unpaired) electrons. The fourth-order valence-corrected chi connectivity index (χ4v) is 3.66. The van der Waals surface area contributed by atoms with E-state index in [1.165, 1.54) is 0 Å². The Balaban J connectivity index is 1.82. The van der Waals surface area contributed by atoms with Gasteiger partial charge in [-0.15, -0.1) is 0 Å². The predicted molar refractivity (Wildman–Crippen MR) is 112 cm³/mol. The number of aromatic nitrogens is 3. The van der Waals surface area contributed by atoms with Crippen LogP contribution in [0.15, 0.2) is 24.3 Å². The smallest absolute Gasteiger partial charge is 0.305 e. The summed E-state index contributed by atoms with van der Waals surface area (Å²) in [4.78, 5) is 28.5. The van der Waals surface area contributed by atoms with Crippen LogP contribution in [0.3, 0.4) is 0 Å². The zero-order valence-corrected chi connectivity index (χ0v) is 17.6. The van der Waals surface area contributed by atoms with Gasteiger partial charge in [0.15, 0.2) is 5.65 Å². The first-order chi connectivity index (χ1) is 13.6. The highest BCUT2D eigenvalue weighted by atomic mass is 16.4. The van der Waals surface area contributed by atoms with Crippen molar-refractivity contribution in [1.29, 1.82) is 0 Å². The van der Waals surface area contributed by atoms with Crippen LogP contribution in [-0.2, 0) is 16.0 Å². The lowest BCUT2D eigenvalue weighted by molar-refractivity contribution is -0.139. The van der Waals surface area contributed by atoms with Crippen LogP contribution < -0.4 is 5.32 Å². The van der Waals surface area contributed by atoms with Crippen LogP contribution in [0.25, 0.3) is 16.6 Å². The van der Waals surface area contributed by atoms with Crippen molar-refractivity contribution in [3.8, 4) is 0 Å². The van der Waals surface area contributed by atoms with Crippen LogP contribution in [0.5, 0.6) is 0 Å². The number of nitrogens with zero attached hydrogens (tertiary/aromatic N) is 3. The Morgan fingerprint density at radius 3 is 2.59 bits per heavy atom. The van der Waals surface area contributed by atoms with E-state index in [-0.39, 0.29) is 24.7 Å². The molecule has 1 unspecified atom stereocenters. The van der Waals surface area contributed by atoms with Crippen molar-refractivity contribution in [3.63, 3.8) is 0 Å². The SMILES string of the molecule is Cc1nc2c3ccccc3nn2c(C)c1CCC(=O)NC(C)(CC(=O)O)C(C)C. The van der Waals surface area contributed by atoms with Crippen molar-refractivity contribution in [2.45, 2.75) is 59.4 Å². The van der Waals surface area contributed by atoms with Crippen molar-refractivity contribution < 1.29 is 14.7 Å². The molecule has 0 bridgehead atoms. The maximum absolute atomic E-state index is 12.6. The van der Waals surface area contributed by atoms with E-state index in [1.807, 2.05) is 56.5 Å². The largest absolute Gasteiger partial charge is 0.481 e. The van der Waals surface area contributed by atoms with Gasteiger partial charge < -0.3 is 10.4 Å². The lowest BCUT2D eigenvalue weighted by Gasteiger charge is -2.33. The number of hydrogen-bond acceptors (Lipinski definition) is 4. The van der Waals surface area contributed by atoms with Gasteiger partial charge >= 0.3 is 5.97 Å². The summed E-state index contributed by atoms with van der Waals surface area (Å²) in [7, 11) is 0. The van der Waals surface area contributed by atoms with Crippen LogP contribution in [-0.4, -0.2) is 37.1 Å². The highest BCUT2D eigenvalue weighted by Gasteiger charge is 2.32. The molecule has 0 aliphatic carbocycles. The number of benzene rings is 1. The van der Waals surface area contributed by atoms with E-state index in [9.17, 15) is 14.7 Å². The summed E-state index contributed by atoms with van der Waals surface area (Å²) in [6.45, 7) is 9.55. The van der Waals surface area contributed by atoms with E-state index in [0.717, 1.165) is 33.5 Å². The number of aryl methyl sites for hydroxylation is 2. The monoisotopic (exact) mass is 396 g/mol. The molecule has 2 N–H and O–H groups in total. The van der Waals surface area contributed by atoms with Crippen LogP contribution in [0.2, 0.25) is 0 Å². The van der Waals surface area contributed by atoms with Gasteiger partial charge in [0.25, 0.3) is 0 Å². The molecule has 0 fully saturated rings. The third-order valence-corrected chi connectivity index (χ3v) is 5.84. The van der Waals surface area contributed by atoms with Gasteiger partial charge in [0, 0.05) is 28.7 Å². The van der Waals surface area contributed by atoms with Crippen LogP contribution in [0, 0.1) is 19.8 Å². The molecule has 1 atom stereocenters. The van der Waals surface area contributed by atoms with E-state index in [4.69, 9.17) is 4.98 Å². The van der Waals surface area contributed by atoms with Crippen molar-refractivity contribution in [2.75, 3.05) is 0 Å². The van der Waals surface area contributed by atoms with Gasteiger partial charge in [0.1, 0.15) is 0 Å². The minimum Gasteiger partial charge on any atom is -0.481 e. The third-order valence-electron chi connectivity index (χ3n) is 5.84. The molecule has 1 amide bonds. The first-order valence-electron chi connectivity index (χ1n) is 9.88. The molecule has 7 nitrogen and oxygen atoms in total. The number of fused-ring (bicyclic) bond motifs is 3. The molecule has 2 aromatic heterocycles. The molecule has 0 spiro atoms. The molecule has 3 rings (SSSR count). The molecule has 1 aromatic carbocycles. The maximum Gasteiger partial charge on any atom is 0.305 e. The molecular formula is C22H28N4O3. The molecule has 0 saturated heterocycles. The Morgan fingerprint density at radius 1 is 1.24 bits per heavy atom. The molecule has 154 valence electrons. The number of carbonyl (C=O) groups excluding carboxylic acids is 1. The summed E-state index contributed by atoms with van der Waals surface area (Å²) in [5, 5.41) is 17.8. The molecular weight excluding hydrogens is 368 g/mol. The Hall–Kier alpha value is -2.96. The highest BCUT2D eigenvalue weighted by molar-refractivity contribution is 5.92. The summed E-state index contributed by atoms with van der Waals surface area (Å²) in [6, 6.07) is 7.88. The minimum atomic E-state index is -0.923. The first kappa shape index (κ1) is 20.8. The summed E-state index contributed by atoms with van der Waals surface area (Å²) in [6.07, 6.45) is 0.670.